The molecular weight excluding hydrogens is 200 g/mol. The highest BCUT2D eigenvalue weighted by Crippen LogP contribution is 2.29. The summed E-state index contributed by atoms with van der Waals surface area (Å²) in [6, 6.07) is 6.25. The summed E-state index contributed by atoms with van der Waals surface area (Å²) >= 11 is 0. The zero-order valence-corrected chi connectivity index (χ0v) is 10.0. The van der Waals surface area contributed by atoms with E-state index in [9.17, 15) is 4.79 Å². The van der Waals surface area contributed by atoms with Gasteiger partial charge in [-0.3, -0.25) is 4.79 Å². The minimum absolute atomic E-state index is 0.0300. The van der Waals surface area contributed by atoms with Crippen molar-refractivity contribution in [2.24, 2.45) is 5.92 Å². The second-order valence-electron chi connectivity index (χ2n) is 4.59. The van der Waals surface area contributed by atoms with E-state index in [1.54, 1.807) is 0 Å². The molecule has 2 atom stereocenters. The third kappa shape index (κ3) is 2.18. The van der Waals surface area contributed by atoms with E-state index in [1.807, 2.05) is 32.2 Å². The molecule has 1 aliphatic rings. The second kappa shape index (κ2) is 4.16. The van der Waals surface area contributed by atoms with Crippen LogP contribution in [0.1, 0.15) is 29.3 Å². The fourth-order valence-corrected chi connectivity index (χ4v) is 1.83. The largest absolute Gasteiger partial charge is 0.387 e. The lowest BCUT2D eigenvalue weighted by molar-refractivity contribution is 0.0950. The molecule has 3 heteroatoms. The molecule has 1 aliphatic carbocycles. The molecule has 1 saturated carbocycles. The standard InChI is InChI=1S/C13H18N2O/c1-8-4-5-11(14-3)10(6-8)13(16)15-12-7-9(12)2/h4-6,9,12,14H,7H2,1-3H3,(H,15,16). The van der Waals surface area contributed by atoms with Crippen LogP contribution in [0.4, 0.5) is 5.69 Å². The van der Waals surface area contributed by atoms with Gasteiger partial charge in [0.25, 0.3) is 5.91 Å². The topological polar surface area (TPSA) is 41.1 Å². The minimum Gasteiger partial charge on any atom is -0.387 e. The van der Waals surface area contributed by atoms with Crippen LogP contribution < -0.4 is 10.6 Å². The molecule has 0 spiro atoms. The minimum atomic E-state index is 0.0300. The number of aryl methyl sites for hydroxylation is 1. The Hall–Kier alpha value is -1.51. The van der Waals surface area contributed by atoms with Gasteiger partial charge in [0.05, 0.1) is 5.56 Å². The predicted molar refractivity (Wildman–Crippen MR) is 65.8 cm³/mol. The third-order valence-electron chi connectivity index (χ3n) is 3.11. The van der Waals surface area contributed by atoms with E-state index in [4.69, 9.17) is 0 Å². The van der Waals surface area contributed by atoms with E-state index < -0.39 is 0 Å². The monoisotopic (exact) mass is 218 g/mol. The van der Waals surface area contributed by atoms with Gasteiger partial charge in [0.2, 0.25) is 0 Å². The fraction of sp³-hybridized carbons (Fsp3) is 0.462. The fourth-order valence-electron chi connectivity index (χ4n) is 1.83. The molecule has 2 unspecified atom stereocenters. The first-order chi connectivity index (χ1) is 7.61. The van der Waals surface area contributed by atoms with Crippen molar-refractivity contribution in [2.45, 2.75) is 26.3 Å². The first kappa shape index (κ1) is 11.0. The molecule has 1 amide bonds. The van der Waals surface area contributed by atoms with Crippen LogP contribution >= 0.6 is 0 Å². The number of hydrogen-bond donors (Lipinski definition) is 2. The number of anilines is 1. The summed E-state index contributed by atoms with van der Waals surface area (Å²) in [7, 11) is 1.83. The molecule has 0 aromatic heterocycles. The Bertz CT molecular complexity index is 414. The number of amides is 1. The highest BCUT2D eigenvalue weighted by atomic mass is 16.1. The Morgan fingerprint density at radius 2 is 2.12 bits per heavy atom. The van der Waals surface area contributed by atoms with Crippen LogP contribution in [0.25, 0.3) is 0 Å². The predicted octanol–water partition coefficient (Wildman–Crippen LogP) is 2.17. The Kier molecular flexibility index (Phi) is 2.86. The van der Waals surface area contributed by atoms with Crippen LogP contribution in [0, 0.1) is 12.8 Å². The highest BCUT2D eigenvalue weighted by Gasteiger charge is 2.34. The van der Waals surface area contributed by atoms with Gasteiger partial charge in [0.15, 0.2) is 0 Å². The molecule has 0 heterocycles. The molecule has 2 N–H and O–H groups in total. The number of rotatable bonds is 3. The summed E-state index contributed by atoms with van der Waals surface area (Å²) in [6.07, 6.45) is 1.10. The van der Waals surface area contributed by atoms with E-state index in [2.05, 4.69) is 17.6 Å². The summed E-state index contributed by atoms with van der Waals surface area (Å²) in [4.78, 5) is 12.0. The van der Waals surface area contributed by atoms with E-state index in [0.29, 0.717) is 12.0 Å². The average molecular weight is 218 g/mol. The van der Waals surface area contributed by atoms with E-state index >= 15 is 0 Å². The van der Waals surface area contributed by atoms with Gasteiger partial charge in [-0.2, -0.15) is 0 Å². The first-order valence-corrected chi connectivity index (χ1v) is 5.71. The van der Waals surface area contributed by atoms with Crippen LogP contribution in [0.2, 0.25) is 0 Å². The van der Waals surface area contributed by atoms with Crippen molar-refractivity contribution in [1.82, 2.24) is 5.32 Å². The van der Waals surface area contributed by atoms with Gasteiger partial charge < -0.3 is 10.6 Å². The Morgan fingerprint density at radius 3 is 2.69 bits per heavy atom. The molecule has 0 bridgehead atoms. The van der Waals surface area contributed by atoms with E-state index in [-0.39, 0.29) is 5.91 Å². The lowest BCUT2D eigenvalue weighted by atomic mass is 10.1. The van der Waals surface area contributed by atoms with Crippen molar-refractivity contribution in [1.29, 1.82) is 0 Å². The van der Waals surface area contributed by atoms with Gasteiger partial charge in [-0.05, 0) is 31.4 Å². The molecule has 16 heavy (non-hydrogen) atoms. The molecule has 86 valence electrons. The molecule has 1 aromatic carbocycles. The first-order valence-electron chi connectivity index (χ1n) is 5.71. The molecule has 1 aromatic rings. The van der Waals surface area contributed by atoms with Crippen molar-refractivity contribution in [3.63, 3.8) is 0 Å². The van der Waals surface area contributed by atoms with Crippen molar-refractivity contribution in [2.75, 3.05) is 12.4 Å². The maximum Gasteiger partial charge on any atom is 0.253 e. The molecule has 0 aliphatic heterocycles. The maximum atomic E-state index is 12.0. The zero-order chi connectivity index (χ0) is 11.7. The third-order valence-corrected chi connectivity index (χ3v) is 3.11. The average Bonchev–Trinajstić information content (AvgIpc) is 2.94. The smallest absolute Gasteiger partial charge is 0.253 e. The van der Waals surface area contributed by atoms with Crippen molar-refractivity contribution < 1.29 is 4.79 Å². The molecule has 1 fully saturated rings. The molecular formula is C13H18N2O. The molecule has 3 nitrogen and oxygen atoms in total. The maximum absolute atomic E-state index is 12.0. The number of carbonyl (C=O) groups excluding carboxylic acids is 1. The SMILES string of the molecule is CNc1ccc(C)cc1C(=O)NC1CC1C. The van der Waals surface area contributed by atoms with Crippen molar-refractivity contribution in [3.8, 4) is 0 Å². The van der Waals surface area contributed by atoms with E-state index in [0.717, 1.165) is 23.2 Å². The second-order valence-corrected chi connectivity index (χ2v) is 4.59. The van der Waals surface area contributed by atoms with Gasteiger partial charge in [-0.15, -0.1) is 0 Å². The van der Waals surface area contributed by atoms with Gasteiger partial charge in [-0.25, -0.2) is 0 Å². The van der Waals surface area contributed by atoms with Gasteiger partial charge in [0, 0.05) is 18.8 Å². The van der Waals surface area contributed by atoms with Crippen LogP contribution in [0.3, 0.4) is 0 Å². The lowest BCUT2D eigenvalue weighted by Crippen LogP contribution is -2.27. The van der Waals surface area contributed by atoms with Gasteiger partial charge >= 0.3 is 0 Å². The summed E-state index contributed by atoms with van der Waals surface area (Å²) in [5.41, 5.74) is 2.73. The quantitative estimate of drug-likeness (QED) is 0.816. The molecule has 0 saturated heterocycles. The Morgan fingerprint density at radius 1 is 1.44 bits per heavy atom. The summed E-state index contributed by atoms with van der Waals surface area (Å²) in [5.74, 6) is 0.661. The highest BCUT2D eigenvalue weighted by molar-refractivity contribution is 6.00. The lowest BCUT2D eigenvalue weighted by Gasteiger charge is -2.10. The van der Waals surface area contributed by atoms with Crippen LogP contribution in [0.15, 0.2) is 18.2 Å². The summed E-state index contributed by atoms with van der Waals surface area (Å²) < 4.78 is 0. The molecule has 2 rings (SSSR count). The van der Waals surface area contributed by atoms with Crippen LogP contribution in [-0.4, -0.2) is 19.0 Å². The molecule has 0 radical (unpaired) electrons. The Balaban J connectivity index is 2.17. The zero-order valence-electron chi connectivity index (χ0n) is 10.0. The van der Waals surface area contributed by atoms with Crippen LogP contribution in [0.5, 0.6) is 0 Å². The number of benzene rings is 1. The van der Waals surface area contributed by atoms with Gasteiger partial charge in [0.1, 0.15) is 0 Å². The van der Waals surface area contributed by atoms with Crippen molar-refractivity contribution in [3.05, 3.63) is 29.3 Å². The van der Waals surface area contributed by atoms with Crippen molar-refractivity contribution >= 4 is 11.6 Å². The van der Waals surface area contributed by atoms with Gasteiger partial charge in [-0.1, -0.05) is 18.6 Å². The number of hydrogen-bond acceptors (Lipinski definition) is 2. The summed E-state index contributed by atoms with van der Waals surface area (Å²) in [5, 5.41) is 6.09. The summed E-state index contributed by atoms with van der Waals surface area (Å²) in [6.45, 7) is 4.15. The normalized spacial score (nSPS) is 22.7. The number of carbonyl (C=O) groups is 1. The van der Waals surface area contributed by atoms with Crippen LogP contribution in [-0.2, 0) is 0 Å². The van der Waals surface area contributed by atoms with E-state index in [1.165, 1.54) is 0 Å². The number of nitrogens with one attached hydrogen (secondary N) is 2. The Labute approximate surface area is 96.2 Å².